The number of thioether (sulfide) groups is 1. The van der Waals surface area contributed by atoms with Crippen LogP contribution in [0.1, 0.15) is 15.2 Å². The summed E-state index contributed by atoms with van der Waals surface area (Å²) in [4.78, 5) is 30.7. The minimum atomic E-state index is -0.0119. The highest BCUT2D eigenvalue weighted by Crippen LogP contribution is 2.22. The zero-order valence-corrected chi connectivity index (χ0v) is 13.4. The third kappa shape index (κ3) is 3.45. The van der Waals surface area contributed by atoms with Gasteiger partial charge in [0.25, 0.3) is 0 Å². The average molecular weight is 330 g/mol. The summed E-state index contributed by atoms with van der Waals surface area (Å²) in [7, 11) is 0. The number of thiophene rings is 1. The highest BCUT2D eigenvalue weighted by molar-refractivity contribution is 8.15. The molecule has 2 heterocycles. The molecule has 0 N–H and O–H groups in total. The van der Waals surface area contributed by atoms with E-state index in [0.29, 0.717) is 22.3 Å². The number of nitrogens with zero attached hydrogens (tertiary/aromatic N) is 2. The smallest absolute Gasteiger partial charge is 0.239 e. The lowest BCUT2D eigenvalue weighted by Crippen LogP contribution is -2.29. The normalized spacial score (nSPS) is 16.5. The first-order valence-electron chi connectivity index (χ1n) is 6.82. The number of amides is 1. The molecule has 1 amide bonds. The number of ketones is 1. The molecule has 112 valence electrons. The van der Waals surface area contributed by atoms with Crippen molar-refractivity contribution in [3.05, 3.63) is 58.3 Å². The zero-order valence-electron chi connectivity index (χ0n) is 11.8. The Morgan fingerprint density at radius 2 is 2.00 bits per heavy atom. The number of hydrogen-bond donors (Lipinski definition) is 0. The summed E-state index contributed by atoms with van der Waals surface area (Å²) in [5.41, 5.74) is 1.05. The Bertz CT molecular complexity index is 696. The Morgan fingerprint density at radius 1 is 1.18 bits per heavy atom. The second-order valence-electron chi connectivity index (χ2n) is 4.75. The quantitative estimate of drug-likeness (QED) is 0.792. The van der Waals surface area contributed by atoms with Gasteiger partial charge in [-0.05, 0) is 17.0 Å². The van der Waals surface area contributed by atoms with Crippen LogP contribution in [0.2, 0.25) is 0 Å². The predicted molar refractivity (Wildman–Crippen MR) is 90.4 cm³/mol. The molecule has 6 heteroatoms. The van der Waals surface area contributed by atoms with Gasteiger partial charge in [0.05, 0.1) is 17.2 Å². The average Bonchev–Trinajstić information content (AvgIpc) is 3.18. The Hall–Kier alpha value is -1.92. The van der Waals surface area contributed by atoms with Crippen LogP contribution in [0.5, 0.6) is 0 Å². The van der Waals surface area contributed by atoms with Gasteiger partial charge in [-0.3, -0.25) is 19.5 Å². The van der Waals surface area contributed by atoms with Crippen molar-refractivity contribution < 1.29 is 9.59 Å². The van der Waals surface area contributed by atoms with E-state index in [1.807, 2.05) is 41.8 Å². The Balaban J connectivity index is 1.70. The summed E-state index contributed by atoms with van der Waals surface area (Å²) in [6, 6.07) is 13.4. The molecule has 0 unspecified atom stereocenters. The van der Waals surface area contributed by atoms with E-state index in [-0.39, 0.29) is 18.2 Å². The number of hydrogen-bond acceptors (Lipinski definition) is 5. The van der Waals surface area contributed by atoms with E-state index in [2.05, 4.69) is 4.99 Å². The third-order valence-electron chi connectivity index (χ3n) is 3.19. The summed E-state index contributed by atoms with van der Waals surface area (Å²) in [5.74, 6) is 0.414. The predicted octanol–water partition coefficient (Wildman–Crippen LogP) is 3.06. The van der Waals surface area contributed by atoms with Gasteiger partial charge in [-0.1, -0.05) is 48.2 Å². The second kappa shape index (κ2) is 6.89. The molecule has 0 atom stereocenters. The van der Waals surface area contributed by atoms with Crippen LogP contribution in [0.15, 0.2) is 52.8 Å². The first-order chi connectivity index (χ1) is 10.7. The van der Waals surface area contributed by atoms with E-state index in [1.165, 1.54) is 23.1 Å². The minimum absolute atomic E-state index is 0.0119. The standard InChI is InChI=1S/C16H14N2O2S2/c19-13(14-7-4-8-21-14)9-17-16-18(15(20)11-22-16)10-12-5-2-1-3-6-12/h1-8H,9-11H2. The van der Waals surface area contributed by atoms with Gasteiger partial charge in [0.15, 0.2) is 11.0 Å². The first kappa shape index (κ1) is 15.0. The summed E-state index contributed by atoms with van der Waals surface area (Å²) in [5, 5.41) is 2.51. The van der Waals surface area contributed by atoms with Crippen LogP contribution in [0.4, 0.5) is 0 Å². The molecule has 1 aromatic heterocycles. The molecule has 4 nitrogen and oxygen atoms in total. The van der Waals surface area contributed by atoms with Crippen molar-refractivity contribution >= 4 is 40.0 Å². The number of Topliss-reactive ketones (excluding diaryl/α,β-unsaturated/α-hetero) is 1. The number of carbonyl (C=O) groups excluding carboxylic acids is 2. The molecule has 0 aliphatic carbocycles. The molecule has 2 aromatic rings. The highest BCUT2D eigenvalue weighted by Gasteiger charge is 2.28. The van der Waals surface area contributed by atoms with Gasteiger partial charge in [0.2, 0.25) is 5.91 Å². The molecular weight excluding hydrogens is 316 g/mol. The molecule has 1 aliphatic rings. The fourth-order valence-corrected chi connectivity index (χ4v) is 3.64. The summed E-state index contributed by atoms with van der Waals surface area (Å²) >= 11 is 2.81. The molecule has 0 radical (unpaired) electrons. The van der Waals surface area contributed by atoms with Gasteiger partial charge in [-0.25, -0.2) is 0 Å². The van der Waals surface area contributed by atoms with Crippen molar-refractivity contribution in [2.45, 2.75) is 6.54 Å². The van der Waals surface area contributed by atoms with Crippen LogP contribution in [-0.4, -0.2) is 34.1 Å². The van der Waals surface area contributed by atoms with Crippen molar-refractivity contribution in [1.82, 2.24) is 4.90 Å². The number of aliphatic imine (C=N–C) groups is 1. The Morgan fingerprint density at radius 3 is 2.73 bits per heavy atom. The Kier molecular flexibility index (Phi) is 4.70. The van der Waals surface area contributed by atoms with Crippen molar-refractivity contribution in [3.63, 3.8) is 0 Å². The van der Waals surface area contributed by atoms with Crippen LogP contribution in [0.25, 0.3) is 0 Å². The largest absolute Gasteiger partial charge is 0.291 e. The molecular formula is C16H14N2O2S2. The number of amidine groups is 1. The lowest BCUT2D eigenvalue weighted by atomic mass is 10.2. The van der Waals surface area contributed by atoms with E-state index in [4.69, 9.17) is 0 Å². The van der Waals surface area contributed by atoms with E-state index in [1.54, 1.807) is 11.0 Å². The molecule has 22 heavy (non-hydrogen) atoms. The van der Waals surface area contributed by atoms with Gasteiger partial charge in [-0.15, -0.1) is 11.3 Å². The summed E-state index contributed by atoms with van der Waals surface area (Å²) in [6.07, 6.45) is 0. The van der Waals surface area contributed by atoms with Gasteiger partial charge < -0.3 is 0 Å². The molecule has 1 fully saturated rings. The maximum Gasteiger partial charge on any atom is 0.239 e. The van der Waals surface area contributed by atoms with Crippen molar-refractivity contribution in [1.29, 1.82) is 0 Å². The summed E-state index contributed by atoms with van der Waals surface area (Å²) in [6.45, 7) is 0.583. The topological polar surface area (TPSA) is 49.7 Å². The maximum absolute atomic E-state index is 12.0. The zero-order chi connectivity index (χ0) is 15.4. The molecule has 1 saturated heterocycles. The van der Waals surface area contributed by atoms with Crippen LogP contribution >= 0.6 is 23.1 Å². The minimum Gasteiger partial charge on any atom is -0.291 e. The molecule has 0 bridgehead atoms. The van der Waals surface area contributed by atoms with Gasteiger partial charge >= 0.3 is 0 Å². The third-order valence-corrected chi connectivity index (χ3v) is 5.10. The lowest BCUT2D eigenvalue weighted by Gasteiger charge is -2.15. The number of rotatable bonds is 5. The molecule has 0 saturated carbocycles. The Labute approximate surface area is 136 Å². The van der Waals surface area contributed by atoms with Crippen LogP contribution in [-0.2, 0) is 11.3 Å². The monoisotopic (exact) mass is 330 g/mol. The van der Waals surface area contributed by atoms with Gasteiger partial charge in [-0.2, -0.15) is 0 Å². The van der Waals surface area contributed by atoms with E-state index >= 15 is 0 Å². The second-order valence-corrected chi connectivity index (χ2v) is 6.64. The van der Waals surface area contributed by atoms with Crippen molar-refractivity contribution in [2.75, 3.05) is 12.3 Å². The first-order valence-corrected chi connectivity index (χ1v) is 8.69. The van der Waals surface area contributed by atoms with E-state index < -0.39 is 0 Å². The van der Waals surface area contributed by atoms with E-state index in [9.17, 15) is 9.59 Å². The van der Waals surface area contributed by atoms with Crippen LogP contribution in [0, 0.1) is 0 Å². The molecule has 3 rings (SSSR count). The number of benzene rings is 1. The van der Waals surface area contributed by atoms with Crippen LogP contribution in [0.3, 0.4) is 0 Å². The fourth-order valence-electron chi connectivity index (χ4n) is 2.10. The van der Waals surface area contributed by atoms with Gasteiger partial charge in [0, 0.05) is 0 Å². The van der Waals surface area contributed by atoms with E-state index in [0.717, 1.165) is 5.56 Å². The van der Waals surface area contributed by atoms with Crippen molar-refractivity contribution in [2.24, 2.45) is 4.99 Å². The molecule has 0 spiro atoms. The van der Waals surface area contributed by atoms with Gasteiger partial charge in [0.1, 0.15) is 6.54 Å². The fraction of sp³-hybridized carbons (Fsp3) is 0.188. The lowest BCUT2D eigenvalue weighted by molar-refractivity contribution is -0.124. The van der Waals surface area contributed by atoms with Crippen molar-refractivity contribution in [3.8, 4) is 0 Å². The molecule has 1 aliphatic heterocycles. The number of carbonyl (C=O) groups is 2. The SMILES string of the molecule is O=C(CN=C1SCC(=O)N1Cc1ccccc1)c1cccs1. The highest BCUT2D eigenvalue weighted by atomic mass is 32.2. The maximum atomic E-state index is 12.0. The molecule has 1 aromatic carbocycles. The summed E-state index contributed by atoms with van der Waals surface area (Å²) < 4.78 is 0. The van der Waals surface area contributed by atoms with Crippen LogP contribution < -0.4 is 0 Å².